The summed E-state index contributed by atoms with van der Waals surface area (Å²) in [4.78, 5) is 17.8. The largest absolute Gasteiger partial charge is 0.497 e. The predicted octanol–water partition coefficient (Wildman–Crippen LogP) is 2.46. The first-order valence-electron chi connectivity index (χ1n) is 10.8. The number of anilines is 1. The summed E-state index contributed by atoms with van der Waals surface area (Å²) in [5, 5.41) is 3.03. The number of hydrogen-bond acceptors (Lipinski definition) is 5. The molecule has 1 saturated heterocycles. The fourth-order valence-electron chi connectivity index (χ4n) is 4.66. The fraction of sp³-hybridized carbons (Fsp3) is 0.458. The van der Waals surface area contributed by atoms with Crippen LogP contribution in [0.25, 0.3) is 0 Å². The second kappa shape index (κ2) is 9.66. The number of nitrogens with one attached hydrogen (secondary N) is 1. The molecular weight excluding hydrogens is 397 g/mol. The molecule has 2 aliphatic rings. The third-order valence-electron chi connectivity index (χ3n) is 6.27. The highest BCUT2D eigenvalue weighted by molar-refractivity contribution is 5.82. The van der Waals surface area contributed by atoms with Crippen molar-refractivity contribution in [3.63, 3.8) is 0 Å². The number of hydrogen-bond donors (Lipinski definition) is 1. The van der Waals surface area contributed by atoms with E-state index in [1.54, 1.807) is 14.2 Å². The Morgan fingerprint density at radius 1 is 1.16 bits per heavy atom. The minimum absolute atomic E-state index is 0.0661. The van der Waals surface area contributed by atoms with Crippen LogP contribution in [-0.2, 0) is 22.5 Å². The van der Waals surface area contributed by atoms with Crippen LogP contribution in [0.5, 0.6) is 5.75 Å². The van der Waals surface area contributed by atoms with Crippen molar-refractivity contribution in [3.8, 4) is 5.75 Å². The average Bonchev–Trinajstić information content (AvgIpc) is 2.79. The van der Waals surface area contributed by atoms with Crippen LogP contribution >= 0.6 is 0 Å². The first-order valence-corrected chi connectivity index (χ1v) is 10.8. The van der Waals surface area contributed by atoms with Crippen molar-refractivity contribution in [1.82, 2.24) is 10.2 Å². The highest BCUT2D eigenvalue weighted by Crippen LogP contribution is 2.38. The first-order chi connectivity index (χ1) is 15.1. The molecule has 1 N–H and O–H groups in total. The molecule has 2 aliphatic heterocycles. The van der Waals surface area contributed by atoms with E-state index >= 15 is 0 Å². The SMILES string of the molecule is COCCNC(=O)[C@@H]1Cc2ccc(OC)cc2N2CCN(Cc3ccc(F)cc3)C[C@@H]12. The van der Waals surface area contributed by atoms with Crippen LogP contribution in [0, 0.1) is 11.7 Å². The summed E-state index contributed by atoms with van der Waals surface area (Å²) in [6, 6.07) is 12.8. The minimum atomic E-state index is -0.223. The molecule has 1 fully saturated rings. The molecule has 0 aliphatic carbocycles. The predicted molar refractivity (Wildman–Crippen MR) is 118 cm³/mol. The lowest BCUT2D eigenvalue weighted by atomic mass is 9.83. The molecule has 166 valence electrons. The number of halogens is 1. The van der Waals surface area contributed by atoms with Crippen LogP contribution in [-0.4, -0.2) is 63.9 Å². The number of piperazine rings is 1. The summed E-state index contributed by atoms with van der Waals surface area (Å²) < 4.78 is 23.8. The van der Waals surface area contributed by atoms with Crippen LogP contribution in [0.1, 0.15) is 11.1 Å². The third-order valence-corrected chi connectivity index (χ3v) is 6.27. The van der Waals surface area contributed by atoms with Gasteiger partial charge in [-0.2, -0.15) is 0 Å². The maximum absolute atomic E-state index is 13.3. The number of carbonyl (C=O) groups excluding carboxylic acids is 1. The van der Waals surface area contributed by atoms with E-state index in [9.17, 15) is 9.18 Å². The molecule has 2 heterocycles. The van der Waals surface area contributed by atoms with E-state index in [4.69, 9.17) is 9.47 Å². The number of fused-ring (bicyclic) bond motifs is 3. The third kappa shape index (κ3) is 4.83. The molecule has 31 heavy (non-hydrogen) atoms. The Balaban J connectivity index is 1.56. The van der Waals surface area contributed by atoms with Crippen molar-refractivity contribution in [1.29, 1.82) is 0 Å². The highest BCUT2D eigenvalue weighted by Gasteiger charge is 2.41. The van der Waals surface area contributed by atoms with Crippen LogP contribution in [0.15, 0.2) is 42.5 Å². The quantitative estimate of drug-likeness (QED) is 0.688. The standard InChI is InChI=1S/C24H30FN3O3/c1-30-12-9-26-24(29)21-13-18-5-8-20(31-2)14-22(18)28-11-10-27(16-23(21)28)15-17-3-6-19(25)7-4-17/h3-8,14,21,23H,9-13,15-16H2,1-2H3,(H,26,29)/t21-,23+/m1/s1. The molecule has 2 atom stereocenters. The van der Waals surface area contributed by atoms with Crippen molar-refractivity contribution >= 4 is 11.6 Å². The van der Waals surface area contributed by atoms with Gasteiger partial charge >= 0.3 is 0 Å². The van der Waals surface area contributed by atoms with Gasteiger partial charge in [0.1, 0.15) is 11.6 Å². The monoisotopic (exact) mass is 427 g/mol. The van der Waals surface area contributed by atoms with E-state index in [1.807, 2.05) is 18.2 Å². The summed E-state index contributed by atoms with van der Waals surface area (Å²) in [7, 11) is 3.31. The zero-order valence-corrected chi connectivity index (χ0v) is 18.1. The molecule has 2 aromatic carbocycles. The van der Waals surface area contributed by atoms with Crippen molar-refractivity contribution in [2.75, 3.05) is 51.9 Å². The van der Waals surface area contributed by atoms with Gasteiger partial charge in [-0.05, 0) is 35.7 Å². The molecule has 1 amide bonds. The molecule has 0 aromatic heterocycles. The van der Waals surface area contributed by atoms with E-state index in [-0.39, 0.29) is 23.7 Å². The summed E-state index contributed by atoms with van der Waals surface area (Å²) >= 11 is 0. The van der Waals surface area contributed by atoms with E-state index in [1.165, 1.54) is 17.7 Å². The van der Waals surface area contributed by atoms with E-state index in [2.05, 4.69) is 27.2 Å². The zero-order valence-electron chi connectivity index (χ0n) is 18.1. The summed E-state index contributed by atoms with van der Waals surface area (Å²) in [6.07, 6.45) is 0.698. The molecular formula is C24H30FN3O3. The van der Waals surface area contributed by atoms with E-state index in [0.717, 1.165) is 43.2 Å². The number of benzene rings is 2. The molecule has 7 heteroatoms. The van der Waals surface area contributed by atoms with Crippen LogP contribution in [0.4, 0.5) is 10.1 Å². The molecule has 4 rings (SSSR count). The number of methoxy groups -OCH3 is 2. The topological polar surface area (TPSA) is 54.0 Å². The summed E-state index contributed by atoms with van der Waals surface area (Å²) in [5.41, 5.74) is 3.41. The Hall–Kier alpha value is -2.64. The Morgan fingerprint density at radius 2 is 1.97 bits per heavy atom. The maximum atomic E-state index is 13.3. The maximum Gasteiger partial charge on any atom is 0.225 e. The van der Waals surface area contributed by atoms with Gasteiger partial charge in [-0.1, -0.05) is 18.2 Å². The lowest BCUT2D eigenvalue weighted by Crippen LogP contribution is -2.61. The Kier molecular flexibility index (Phi) is 6.73. The molecule has 0 unspecified atom stereocenters. The first kappa shape index (κ1) is 21.6. The van der Waals surface area contributed by atoms with Crippen molar-refractivity contribution in [2.24, 2.45) is 5.92 Å². The Bertz CT molecular complexity index is 905. The van der Waals surface area contributed by atoms with Gasteiger partial charge in [0.25, 0.3) is 0 Å². The zero-order chi connectivity index (χ0) is 21.8. The molecule has 0 saturated carbocycles. The van der Waals surface area contributed by atoms with Crippen LogP contribution in [0.2, 0.25) is 0 Å². The van der Waals surface area contributed by atoms with Crippen molar-refractivity contribution in [2.45, 2.75) is 19.0 Å². The normalized spacial score (nSPS) is 20.7. The van der Waals surface area contributed by atoms with Crippen LogP contribution in [0.3, 0.4) is 0 Å². The Labute approximate surface area is 182 Å². The number of ether oxygens (including phenoxy) is 2. The molecule has 0 bridgehead atoms. The van der Waals surface area contributed by atoms with Gasteiger partial charge < -0.3 is 19.7 Å². The molecule has 0 spiro atoms. The molecule has 2 aromatic rings. The number of nitrogens with zero attached hydrogens (tertiary/aromatic N) is 2. The lowest BCUT2D eigenvalue weighted by Gasteiger charge is -2.49. The second-order valence-corrected chi connectivity index (χ2v) is 8.21. The smallest absolute Gasteiger partial charge is 0.225 e. The van der Waals surface area contributed by atoms with Crippen molar-refractivity contribution in [3.05, 3.63) is 59.4 Å². The van der Waals surface area contributed by atoms with E-state index < -0.39 is 0 Å². The van der Waals surface area contributed by atoms with E-state index in [0.29, 0.717) is 19.6 Å². The van der Waals surface area contributed by atoms with Crippen LogP contribution < -0.4 is 15.0 Å². The minimum Gasteiger partial charge on any atom is -0.497 e. The molecule has 0 radical (unpaired) electrons. The fourth-order valence-corrected chi connectivity index (χ4v) is 4.66. The van der Waals surface area contributed by atoms with Gasteiger partial charge in [-0.15, -0.1) is 0 Å². The van der Waals surface area contributed by atoms with Gasteiger partial charge in [0.15, 0.2) is 0 Å². The van der Waals surface area contributed by atoms with Gasteiger partial charge in [-0.3, -0.25) is 9.69 Å². The lowest BCUT2D eigenvalue weighted by molar-refractivity contribution is -0.126. The number of amides is 1. The number of rotatable bonds is 7. The van der Waals surface area contributed by atoms with Gasteiger partial charge in [0, 0.05) is 51.6 Å². The summed E-state index contributed by atoms with van der Waals surface area (Å²) in [5.74, 6) is 0.527. The summed E-state index contributed by atoms with van der Waals surface area (Å²) in [6.45, 7) is 4.23. The second-order valence-electron chi connectivity index (χ2n) is 8.21. The number of carbonyl (C=O) groups is 1. The highest BCUT2D eigenvalue weighted by atomic mass is 19.1. The molecule has 6 nitrogen and oxygen atoms in total. The van der Waals surface area contributed by atoms with Crippen molar-refractivity contribution < 1.29 is 18.7 Å². The van der Waals surface area contributed by atoms with Gasteiger partial charge in [0.05, 0.1) is 25.7 Å². The van der Waals surface area contributed by atoms with Gasteiger partial charge in [0.2, 0.25) is 5.91 Å². The van der Waals surface area contributed by atoms with Gasteiger partial charge in [-0.25, -0.2) is 4.39 Å². The Morgan fingerprint density at radius 3 is 2.71 bits per heavy atom. The average molecular weight is 428 g/mol.